The first kappa shape index (κ1) is 15.3. The van der Waals surface area contributed by atoms with Crippen molar-refractivity contribution in [1.29, 1.82) is 0 Å². The maximum absolute atomic E-state index is 3.56. The second kappa shape index (κ2) is 7.61. The van der Waals surface area contributed by atoms with E-state index in [-0.39, 0.29) is 0 Å². The molecule has 1 N–H and O–H groups in total. The van der Waals surface area contributed by atoms with Crippen LogP contribution in [-0.2, 0) is 13.1 Å². The molecule has 0 bridgehead atoms. The van der Waals surface area contributed by atoms with Gasteiger partial charge in [0.15, 0.2) is 0 Å². The van der Waals surface area contributed by atoms with Crippen LogP contribution in [0.15, 0.2) is 35.9 Å². The highest BCUT2D eigenvalue weighted by Gasteiger charge is 2.11. The summed E-state index contributed by atoms with van der Waals surface area (Å²) < 4.78 is 0. The molecule has 1 aromatic rings. The predicted molar refractivity (Wildman–Crippen MR) is 86.6 cm³/mol. The van der Waals surface area contributed by atoms with Crippen LogP contribution in [0.25, 0.3) is 0 Å². The summed E-state index contributed by atoms with van der Waals surface area (Å²) in [4.78, 5) is 2.54. The molecule has 0 unspecified atom stereocenters. The number of hydrogen-bond acceptors (Lipinski definition) is 2. The summed E-state index contributed by atoms with van der Waals surface area (Å²) in [6.07, 6.45) is 3.58. The van der Waals surface area contributed by atoms with E-state index in [1.54, 1.807) is 0 Å². The number of benzene rings is 1. The highest BCUT2D eigenvalue weighted by atomic mass is 15.1. The largest absolute Gasteiger partial charge is 0.312 e. The molecule has 0 amide bonds. The predicted octanol–water partition coefficient (Wildman–Crippen LogP) is 3.58. The standard InChI is InChI=1S/C18H28N2/c1-15(2)12-19-13-17-6-4-5-7-18(17)14-20-10-8-16(3)9-11-20/h4-8,15,19H,9-14H2,1-3H3. The monoisotopic (exact) mass is 272 g/mol. The van der Waals surface area contributed by atoms with E-state index in [0.29, 0.717) is 5.92 Å². The van der Waals surface area contributed by atoms with E-state index in [1.165, 1.54) is 29.7 Å². The smallest absolute Gasteiger partial charge is 0.0240 e. The van der Waals surface area contributed by atoms with Crippen molar-refractivity contribution in [1.82, 2.24) is 10.2 Å². The molecule has 0 radical (unpaired) electrons. The van der Waals surface area contributed by atoms with Gasteiger partial charge in [-0.3, -0.25) is 4.90 Å². The van der Waals surface area contributed by atoms with Crippen LogP contribution in [0.1, 0.15) is 38.3 Å². The molecular formula is C18H28N2. The third-order valence-electron chi connectivity index (χ3n) is 3.90. The molecule has 0 saturated carbocycles. The molecule has 110 valence electrons. The van der Waals surface area contributed by atoms with Crippen molar-refractivity contribution in [3.05, 3.63) is 47.0 Å². The van der Waals surface area contributed by atoms with E-state index < -0.39 is 0 Å². The molecule has 1 aromatic carbocycles. The quantitative estimate of drug-likeness (QED) is 0.796. The molecule has 0 aromatic heterocycles. The van der Waals surface area contributed by atoms with Gasteiger partial charge in [0.25, 0.3) is 0 Å². The zero-order valence-electron chi connectivity index (χ0n) is 13.2. The summed E-state index contributed by atoms with van der Waals surface area (Å²) in [5.41, 5.74) is 4.45. The Kier molecular flexibility index (Phi) is 5.81. The number of nitrogens with zero attached hydrogens (tertiary/aromatic N) is 1. The van der Waals surface area contributed by atoms with E-state index >= 15 is 0 Å². The molecule has 0 fully saturated rings. The number of rotatable bonds is 6. The zero-order valence-corrected chi connectivity index (χ0v) is 13.2. The lowest BCUT2D eigenvalue weighted by atomic mass is 10.0. The second-order valence-corrected chi connectivity index (χ2v) is 6.33. The summed E-state index contributed by atoms with van der Waals surface area (Å²) in [5, 5.41) is 3.56. The van der Waals surface area contributed by atoms with E-state index in [4.69, 9.17) is 0 Å². The van der Waals surface area contributed by atoms with Gasteiger partial charge in [0.1, 0.15) is 0 Å². The molecule has 1 aliphatic rings. The van der Waals surface area contributed by atoms with Crippen LogP contribution in [-0.4, -0.2) is 24.5 Å². The van der Waals surface area contributed by atoms with Crippen LogP contribution in [0.5, 0.6) is 0 Å². The van der Waals surface area contributed by atoms with Gasteiger partial charge in [-0.2, -0.15) is 0 Å². The SMILES string of the molecule is CC1=CCN(Cc2ccccc2CNCC(C)C)CC1. The lowest BCUT2D eigenvalue weighted by molar-refractivity contribution is 0.285. The van der Waals surface area contributed by atoms with E-state index in [0.717, 1.165) is 26.2 Å². The van der Waals surface area contributed by atoms with Crippen molar-refractivity contribution in [3.8, 4) is 0 Å². The summed E-state index contributed by atoms with van der Waals surface area (Å²) in [7, 11) is 0. The van der Waals surface area contributed by atoms with E-state index in [2.05, 4.69) is 61.3 Å². The van der Waals surface area contributed by atoms with Crippen LogP contribution < -0.4 is 5.32 Å². The Morgan fingerprint density at radius 1 is 1.20 bits per heavy atom. The normalized spacial score (nSPS) is 16.5. The first-order valence-corrected chi connectivity index (χ1v) is 7.80. The topological polar surface area (TPSA) is 15.3 Å². The maximum Gasteiger partial charge on any atom is 0.0240 e. The highest BCUT2D eigenvalue weighted by molar-refractivity contribution is 5.27. The lowest BCUT2D eigenvalue weighted by Crippen LogP contribution is -2.29. The van der Waals surface area contributed by atoms with Crippen molar-refractivity contribution < 1.29 is 0 Å². The van der Waals surface area contributed by atoms with Gasteiger partial charge in [-0.05, 0) is 36.9 Å². The molecular weight excluding hydrogens is 244 g/mol. The number of hydrogen-bond donors (Lipinski definition) is 1. The Hall–Kier alpha value is -1.12. The fourth-order valence-corrected chi connectivity index (χ4v) is 2.58. The molecule has 2 heteroatoms. The first-order chi connectivity index (χ1) is 9.65. The van der Waals surface area contributed by atoms with Gasteiger partial charge in [-0.1, -0.05) is 49.8 Å². The Labute approximate surface area is 123 Å². The molecule has 2 rings (SSSR count). The average Bonchev–Trinajstić information content (AvgIpc) is 2.43. The molecule has 0 saturated heterocycles. The average molecular weight is 272 g/mol. The Morgan fingerprint density at radius 2 is 1.95 bits per heavy atom. The fourth-order valence-electron chi connectivity index (χ4n) is 2.58. The van der Waals surface area contributed by atoms with Gasteiger partial charge >= 0.3 is 0 Å². The summed E-state index contributed by atoms with van der Waals surface area (Å²) in [6, 6.07) is 8.84. The van der Waals surface area contributed by atoms with Gasteiger partial charge < -0.3 is 5.32 Å². The molecule has 0 atom stereocenters. The van der Waals surface area contributed by atoms with Crippen LogP contribution in [0, 0.1) is 5.92 Å². The molecule has 2 nitrogen and oxygen atoms in total. The minimum Gasteiger partial charge on any atom is -0.312 e. The zero-order chi connectivity index (χ0) is 14.4. The van der Waals surface area contributed by atoms with Crippen molar-refractivity contribution >= 4 is 0 Å². The number of nitrogens with one attached hydrogen (secondary N) is 1. The van der Waals surface area contributed by atoms with Gasteiger partial charge in [0, 0.05) is 26.2 Å². The van der Waals surface area contributed by atoms with Crippen molar-refractivity contribution in [3.63, 3.8) is 0 Å². The van der Waals surface area contributed by atoms with E-state index in [1.807, 2.05) is 0 Å². The molecule has 1 heterocycles. The van der Waals surface area contributed by atoms with Crippen LogP contribution in [0.2, 0.25) is 0 Å². The van der Waals surface area contributed by atoms with E-state index in [9.17, 15) is 0 Å². The Bertz CT molecular complexity index is 448. The van der Waals surface area contributed by atoms with Crippen LogP contribution in [0.4, 0.5) is 0 Å². The van der Waals surface area contributed by atoms with Gasteiger partial charge in [0.05, 0.1) is 0 Å². The fraction of sp³-hybridized carbons (Fsp3) is 0.556. The molecule has 0 aliphatic carbocycles. The summed E-state index contributed by atoms with van der Waals surface area (Å²) in [6.45, 7) is 12.2. The maximum atomic E-state index is 3.56. The van der Waals surface area contributed by atoms with Crippen LogP contribution in [0.3, 0.4) is 0 Å². The minimum atomic E-state index is 0.706. The van der Waals surface area contributed by atoms with Crippen molar-refractivity contribution in [2.75, 3.05) is 19.6 Å². The van der Waals surface area contributed by atoms with Crippen molar-refractivity contribution in [2.24, 2.45) is 5.92 Å². The second-order valence-electron chi connectivity index (χ2n) is 6.33. The third-order valence-corrected chi connectivity index (χ3v) is 3.90. The van der Waals surface area contributed by atoms with Crippen LogP contribution >= 0.6 is 0 Å². The summed E-state index contributed by atoms with van der Waals surface area (Å²) in [5.74, 6) is 0.706. The lowest BCUT2D eigenvalue weighted by Gasteiger charge is -2.26. The molecule has 20 heavy (non-hydrogen) atoms. The van der Waals surface area contributed by atoms with Gasteiger partial charge in [-0.25, -0.2) is 0 Å². The first-order valence-electron chi connectivity index (χ1n) is 7.80. The molecule has 0 spiro atoms. The Balaban J connectivity index is 1.93. The van der Waals surface area contributed by atoms with Gasteiger partial charge in [0.2, 0.25) is 0 Å². The highest BCUT2D eigenvalue weighted by Crippen LogP contribution is 2.16. The third kappa shape index (κ3) is 4.77. The van der Waals surface area contributed by atoms with Gasteiger partial charge in [-0.15, -0.1) is 0 Å². The Morgan fingerprint density at radius 3 is 2.60 bits per heavy atom. The van der Waals surface area contributed by atoms with Crippen molar-refractivity contribution in [2.45, 2.75) is 40.3 Å². The minimum absolute atomic E-state index is 0.706. The molecule has 1 aliphatic heterocycles. The summed E-state index contributed by atoms with van der Waals surface area (Å²) >= 11 is 0.